The summed E-state index contributed by atoms with van der Waals surface area (Å²) in [6, 6.07) is 9.22. The van der Waals surface area contributed by atoms with Gasteiger partial charge >= 0.3 is 0 Å². The van der Waals surface area contributed by atoms with Gasteiger partial charge in [0, 0.05) is 12.1 Å². The molecule has 1 aliphatic rings. The minimum absolute atomic E-state index is 0.0764. The third kappa shape index (κ3) is 2.61. The van der Waals surface area contributed by atoms with Crippen molar-refractivity contribution in [3.63, 3.8) is 0 Å². The Morgan fingerprint density at radius 3 is 2.50 bits per heavy atom. The summed E-state index contributed by atoms with van der Waals surface area (Å²) in [7, 11) is 0. The minimum atomic E-state index is -0.0764. The summed E-state index contributed by atoms with van der Waals surface area (Å²) >= 11 is 0. The van der Waals surface area contributed by atoms with Gasteiger partial charge < -0.3 is 0 Å². The van der Waals surface area contributed by atoms with Crippen molar-refractivity contribution >= 4 is 5.91 Å². The Morgan fingerprint density at radius 1 is 1.25 bits per heavy atom. The lowest BCUT2D eigenvalue weighted by Crippen LogP contribution is -2.40. The first-order valence-corrected chi connectivity index (χ1v) is 5.89. The van der Waals surface area contributed by atoms with Crippen LogP contribution in [0.3, 0.4) is 0 Å². The number of hydrogen-bond donors (Lipinski definition) is 1. The SMILES string of the molecule is NN(CC1CCCC1)C(=O)c1ccccc1. The van der Waals surface area contributed by atoms with Crippen LogP contribution in [-0.4, -0.2) is 17.5 Å². The highest BCUT2D eigenvalue weighted by Gasteiger charge is 2.20. The van der Waals surface area contributed by atoms with E-state index >= 15 is 0 Å². The topological polar surface area (TPSA) is 46.3 Å². The lowest BCUT2D eigenvalue weighted by Gasteiger charge is -2.20. The highest BCUT2D eigenvalue weighted by molar-refractivity contribution is 5.93. The van der Waals surface area contributed by atoms with Crippen molar-refractivity contribution in [3.8, 4) is 0 Å². The van der Waals surface area contributed by atoms with Crippen molar-refractivity contribution in [2.45, 2.75) is 25.7 Å². The number of carbonyl (C=O) groups excluding carboxylic acids is 1. The smallest absolute Gasteiger partial charge is 0.267 e. The highest BCUT2D eigenvalue weighted by atomic mass is 16.2. The largest absolute Gasteiger partial charge is 0.276 e. The molecule has 0 radical (unpaired) electrons. The van der Waals surface area contributed by atoms with Crippen LogP contribution in [0.15, 0.2) is 30.3 Å². The molecule has 86 valence electrons. The molecule has 1 aliphatic carbocycles. The fraction of sp³-hybridized carbons (Fsp3) is 0.462. The van der Waals surface area contributed by atoms with Crippen LogP contribution in [0, 0.1) is 5.92 Å². The Labute approximate surface area is 96.2 Å². The molecule has 2 rings (SSSR count). The Hall–Kier alpha value is -1.35. The standard InChI is InChI=1S/C13H18N2O/c14-15(10-11-6-4-5-7-11)13(16)12-8-2-1-3-9-12/h1-3,8-9,11H,4-7,10,14H2. The van der Waals surface area contributed by atoms with Crippen LogP contribution < -0.4 is 5.84 Å². The Kier molecular flexibility index (Phi) is 3.57. The van der Waals surface area contributed by atoms with Crippen LogP contribution in [0.2, 0.25) is 0 Å². The van der Waals surface area contributed by atoms with Crippen molar-refractivity contribution < 1.29 is 4.79 Å². The number of carbonyl (C=O) groups is 1. The molecule has 2 N–H and O–H groups in total. The Morgan fingerprint density at radius 2 is 1.88 bits per heavy atom. The van der Waals surface area contributed by atoms with Crippen molar-refractivity contribution in [2.24, 2.45) is 11.8 Å². The maximum atomic E-state index is 11.9. The average Bonchev–Trinajstić information content (AvgIpc) is 2.82. The molecule has 1 fully saturated rings. The zero-order valence-corrected chi connectivity index (χ0v) is 9.43. The van der Waals surface area contributed by atoms with Crippen LogP contribution in [0.1, 0.15) is 36.0 Å². The van der Waals surface area contributed by atoms with E-state index < -0.39 is 0 Å². The molecule has 0 bridgehead atoms. The molecule has 16 heavy (non-hydrogen) atoms. The lowest BCUT2D eigenvalue weighted by molar-refractivity contribution is 0.0729. The molecule has 0 spiro atoms. The molecular weight excluding hydrogens is 200 g/mol. The van der Waals surface area contributed by atoms with E-state index in [0.717, 1.165) is 0 Å². The fourth-order valence-corrected chi connectivity index (χ4v) is 2.30. The third-order valence-electron chi connectivity index (χ3n) is 3.21. The number of nitrogens with zero attached hydrogens (tertiary/aromatic N) is 1. The molecule has 0 saturated heterocycles. The van der Waals surface area contributed by atoms with Gasteiger partial charge in [0.25, 0.3) is 5.91 Å². The summed E-state index contributed by atoms with van der Waals surface area (Å²) in [4.78, 5) is 11.9. The maximum absolute atomic E-state index is 11.9. The lowest BCUT2D eigenvalue weighted by atomic mass is 10.1. The molecule has 0 unspecified atom stereocenters. The van der Waals surface area contributed by atoms with Gasteiger partial charge in [-0.2, -0.15) is 0 Å². The number of benzene rings is 1. The van der Waals surface area contributed by atoms with Gasteiger partial charge in [0.2, 0.25) is 0 Å². The van der Waals surface area contributed by atoms with Crippen molar-refractivity contribution in [2.75, 3.05) is 6.54 Å². The van der Waals surface area contributed by atoms with Gasteiger partial charge in [-0.05, 0) is 30.9 Å². The van der Waals surface area contributed by atoms with Crippen LogP contribution in [0.4, 0.5) is 0 Å². The minimum Gasteiger partial charge on any atom is -0.276 e. The maximum Gasteiger partial charge on any atom is 0.267 e. The van der Waals surface area contributed by atoms with Crippen LogP contribution in [-0.2, 0) is 0 Å². The van der Waals surface area contributed by atoms with Gasteiger partial charge in [-0.25, -0.2) is 5.84 Å². The molecule has 1 aromatic carbocycles. The molecular formula is C13H18N2O. The van der Waals surface area contributed by atoms with E-state index in [-0.39, 0.29) is 5.91 Å². The highest BCUT2D eigenvalue weighted by Crippen LogP contribution is 2.25. The van der Waals surface area contributed by atoms with Gasteiger partial charge in [0.1, 0.15) is 0 Å². The Balaban J connectivity index is 1.94. The molecule has 1 aromatic rings. The van der Waals surface area contributed by atoms with Gasteiger partial charge in [-0.15, -0.1) is 0 Å². The van der Waals surface area contributed by atoms with E-state index in [9.17, 15) is 4.79 Å². The predicted molar refractivity (Wildman–Crippen MR) is 63.6 cm³/mol. The fourth-order valence-electron chi connectivity index (χ4n) is 2.30. The van der Waals surface area contributed by atoms with Gasteiger partial charge in [0.15, 0.2) is 0 Å². The molecule has 1 amide bonds. The summed E-state index contributed by atoms with van der Waals surface area (Å²) < 4.78 is 0. The van der Waals surface area contributed by atoms with E-state index in [1.54, 1.807) is 12.1 Å². The second-order valence-electron chi connectivity index (χ2n) is 4.47. The molecule has 3 heteroatoms. The number of hydrogen-bond acceptors (Lipinski definition) is 2. The summed E-state index contributed by atoms with van der Waals surface area (Å²) in [5, 5.41) is 1.37. The third-order valence-corrected chi connectivity index (χ3v) is 3.21. The number of hydrazine groups is 1. The van der Waals surface area contributed by atoms with Gasteiger partial charge in [-0.3, -0.25) is 9.80 Å². The van der Waals surface area contributed by atoms with E-state index in [2.05, 4.69) is 0 Å². The van der Waals surface area contributed by atoms with Crippen molar-refractivity contribution in [1.82, 2.24) is 5.01 Å². The molecule has 0 aromatic heterocycles. The number of rotatable bonds is 3. The molecule has 0 aliphatic heterocycles. The second kappa shape index (κ2) is 5.12. The first-order chi connectivity index (χ1) is 7.77. The Bertz CT molecular complexity index is 344. The average molecular weight is 218 g/mol. The normalized spacial score (nSPS) is 16.3. The monoisotopic (exact) mass is 218 g/mol. The number of nitrogens with two attached hydrogens (primary N) is 1. The van der Waals surface area contributed by atoms with E-state index in [0.29, 0.717) is 18.0 Å². The van der Waals surface area contributed by atoms with Crippen LogP contribution in [0.25, 0.3) is 0 Å². The molecule has 3 nitrogen and oxygen atoms in total. The zero-order valence-electron chi connectivity index (χ0n) is 9.43. The summed E-state index contributed by atoms with van der Waals surface area (Å²) in [5.74, 6) is 6.33. The first kappa shape index (κ1) is 11.1. The summed E-state index contributed by atoms with van der Waals surface area (Å²) in [6.45, 7) is 0.688. The number of amides is 1. The van der Waals surface area contributed by atoms with Crippen molar-refractivity contribution in [1.29, 1.82) is 0 Å². The molecule has 1 saturated carbocycles. The van der Waals surface area contributed by atoms with Crippen LogP contribution >= 0.6 is 0 Å². The van der Waals surface area contributed by atoms with E-state index in [1.165, 1.54) is 30.7 Å². The van der Waals surface area contributed by atoms with Crippen molar-refractivity contribution in [3.05, 3.63) is 35.9 Å². The molecule has 0 atom stereocenters. The predicted octanol–water partition coefficient (Wildman–Crippen LogP) is 2.19. The summed E-state index contributed by atoms with van der Waals surface area (Å²) in [5.41, 5.74) is 0.669. The second-order valence-corrected chi connectivity index (χ2v) is 4.47. The zero-order chi connectivity index (χ0) is 11.4. The van der Waals surface area contributed by atoms with Gasteiger partial charge in [0.05, 0.1) is 0 Å². The van der Waals surface area contributed by atoms with E-state index in [1.807, 2.05) is 18.2 Å². The summed E-state index contributed by atoms with van der Waals surface area (Å²) in [6.07, 6.45) is 4.96. The quantitative estimate of drug-likeness (QED) is 0.480. The van der Waals surface area contributed by atoms with E-state index in [4.69, 9.17) is 5.84 Å². The first-order valence-electron chi connectivity index (χ1n) is 5.89. The van der Waals surface area contributed by atoms with Gasteiger partial charge in [-0.1, -0.05) is 31.0 Å². The molecule has 0 heterocycles. The van der Waals surface area contributed by atoms with Crippen LogP contribution in [0.5, 0.6) is 0 Å².